The van der Waals surface area contributed by atoms with E-state index >= 15 is 0 Å². The number of benzene rings is 1. The fraction of sp³-hybridized carbons (Fsp3) is 0.500. The zero-order valence-corrected chi connectivity index (χ0v) is 9.53. The molecule has 17 heavy (non-hydrogen) atoms. The summed E-state index contributed by atoms with van der Waals surface area (Å²) < 4.78 is 0. The van der Waals surface area contributed by atoms with Crippen molar-refractivity contribution in [1.82, 2.24) is 0 Å². The first-order chi connectivity index (χ1) is 8.13. The summed E-state index contributed by atoms with van der Waals surface area (Å²) in [6.07, 6.45) is -3.10. The Morgan fingerprint density at radius 1 is 1.00 bits per heavy atom. The normalized spacial score (nSPS) is 16.2. The lowest BCUT2D eigenvalue weighted by molar-refractivity contribution is -0.0178. The molecule has 5 heteroatoms. The minimum Gasteiger partial charge on any atom is -0.394 e. The van der Waals surface area contributed by atoms with Crippen molar-refractivity contribution in [2.45, 2.75) is 24.7 Å². The van der Waals surface area contributed by atoms with Gasteiger partial charge >= 0.3 is 0 Å². The molecule has 0 heterocycles. The summed E-state index contributed by atoms with van der Waals surface area (Å²) in [5.74, 6) is 0. The van der Waals surface area contributed by atoms with Crippen molar-refractivity contribution < 1.29 is 20.4 Å². The maximum absolute atomic E-state index is 9.62. The van der Waals surface area contributed by atoms with Gasteiger partial charge in [0.25, 0.3) is 0 Å². The molecule has 0 amide bonds. The van der Waals surface area contributed by atoms with E-state index in [1.807, 2.05) is 30.3 Å². The quantitative estimate of drug-likeness (QED) is 0.446. The summed E-state index contributed by atoms with van der Waals surface area (Å²) in [5.41, 5.74) is 0.849. The topological polar surface area (TPSA) is 93.0 Å². The highest BCUT2D eigenvalue weighted by Gasteiger charge is 2.19. The van der Waals surface area contributed by atoms with Gasteiger partial charge in [0.15, 0.2) is 0 Å². The molecule has 0 spiro atoms. The molecule has 96 valence electrons. The van der Waals surface area contributed by atoms with Gasteiger partial charge in [-0.2, -0.15) is 0 Å². The van der Waals surface area contributed by atoms with Crippen molar-refractivity contribution in [1.29, 1.82) is 0 Å². The number of aliphatic hydroxyl groups excluding tert-OH is 4. The fourth-order valence-electron chi connectivity index (χ4n) is 1.42. The second-order valence-corrected chi connectivity index (χ2v) is 3.95. The SMILES string of the molecule is OCC(O)CC(O)C(O)CNc1ccccc1. The van der Waals surface area contributed by atoms with Crippen LogP contribution in [0.25, 0.3) is 0 Å². The second kappa shape index (κ2) is 7.24. The number of nitrogens with one attached hydrogen (secondary N) is 1. The maximum atomic E-state index is 9.62. The number of hydrogen-bond donors (Lipinski definition) is 5. The summed E-state index contributed by atoms with van der Waals surface area (Å²) >= 11 is 0. The van der Waals surface area contributed by atoms with Gasteiger partial charge in [0.05, 0.1) is 24.9 Å². The Morgan fingerprint density at radius 3 is 2.24 bits per heavy atom. The molecule has 5 N–H and O–H groups in total. The summed E-state index contributed by atoms with van der Waals surface area (Å²) in [5, 5.41) is 39.9. The predicted octanol–water partition coefficient (Wildman–Crippen LogP) is -0.436. The molecule has 0 bridgehead atoms. The molecule has 0 aliphatic carbocycles. The summed E-state index contributed by atoms with van der Waals surface area (Å²) in [6, 6.07) is 9.30. The Hall–Kier alpha value is -1.14. The largest absolute Gasteiger partial charge is 0.394 e. The lowest BCUT2D eigenvalue weighted by Gasteiger charge is -2.20. The lowest BCUT2D eigenvalue weighted by Crippen LogP contribution is -2.36. The van der Waals surface area contributed by atoms with E-state index in [-0.39, 0.29) is 13.0 Å². The van der Waals surface area contributed by atoms with Crippen LogP contribution in [0.1, 0.15) is 6.42 Å². The van der Waals surface area contributed by atoms with Crippen molar-refractivity contribution in [3.63, 3.8) is 0 Å². The molecule has 1 aromatic rings. The van der Waals surface area contributed by atoms with Gasteiger partial charge in [0, 0.05) is 18.7 Å². The summed E-state index contributed by atoms with van der Waals surface area (Å²) in [4.78, 5) is 0. The first-order valence-corrected chi connectivity index (χ1v) is 5.57. The molecule has 0 aliphatic rings. The van der Waals surface area contributed by atoms with Gasteiger partial charge in [0.2, 0.25) is 0 Å². The average Bonchev–Trinajstić information content (AvgIpc) is 2.36. The van der Waals surface area contributed by atoms with E-state index in [1.165, 1.54) is 0 Å². The van der Waals surface area contributed by atoms with E-state index in [9.17, 15) is 10.2 Å². The zero-order chi connectivity index (χ0) is 12.7. The Bertz CT molecular complexity index is 307. The van der Waals surface area contributed by atoms with E-state index < -0.39 is 24.9 Å². The highest BCUT2D eigenvalue weighted by Crippen LogP contribution is 2.07. The van der Waals surface area contributed by atoms with Gasteiger partial charge in [-0.15, -0.1) is 0 Å². The molecule has 1 rings (SSSR count). The Kier molecular flexibility index (Phi) is 5.93. The molecule has 0 saturated heterocycles. The predicted molar refractivity (Wildman–Crippen MR) is 64.7 cm³/mol. The molecule has 5 nitrogen and oxygen atoms in total. The Morgan fingerprint density at radius 2 is 1.65 bits per heavy atom. The van der Waals surface area contributed by atoms with E-state index in [0.29, 0.717) is 0 Å². The van der Waals surface area contributed by atoms with Crippen LogP contribution in [0.15, 0.2) is 30.3 Å². The number of aliphatic hydroxyl groups is 4. The van der Waals surface area contributed by atoms with Crippen molar-refractivity contribution >= 4 is 5.69 Å². The molecule has 0 saturated carbocycles. The number of hydrogen-bond acceptors (Lipinski definition) is 5. The second-order valence-electron chi connectivity index (χ2n) is 3.95. The molecule has 0 aromatic heterocycles. The summed E-state index contributed by atoms with van der Waals surface area (Å²) in [7, 11) is 0. The molecule has 0 radical (unpaired) electrons. The fourth-order valence-corrected chi connectivity index (χ4v) is 1.42. The minimum atomic E-state index is -1.06. The highest BCUT2D eigenvalue weighted by atomic mass is 16.3. The van der Waals surface area contributed by atoms with Crippen LogP contribution in [0.2, 0.25) is 0 Å². The van der Waals surface area contributed by atoms with Crippen molar-refractivity contribution in [3.8, 4) is 0 Å². The van der Waals surface area contributed by atoms with Crippen LogP contribution in [0.5, 0.6) is 0 Å². The van der Waals surface area contributed by atoms with Gasteiger partial charge in [-0.25, -0.2) is 0 Å². The number of anilines is 1. The van der Waals surface area contributed by atoms with E-state index in [4.69, 9.17) is 10.2 Å². The number of rotatable bonds is 7. The van der Waals surface area contributed by atoms with E-state index in [1.54, 1.807) is 0 Å². The molecular weight excluding hydrogens is 222 g/mol. The van der Waals surface area contributed by atoms with Gasteiger partial charge in [-0.3, -0.25) is 0 Å². The van der Waals surface area contributed by atoms with Crippen LogP contribution in [-0.4, -0.2) is 51.9 Å². The number of para-hydroxylation sites is 1. The zero-order valence-electron chi connectivity index (χ0n) is 9.53. The minimum absolute atomic E-state index is 0.0475. The van der Waals surface area contributed by atoms with Gasteiger partial charge in [-0.1, -0.05) is 18.2 Å². The third kappa shape index (κ3) is 5.14. The molecular formula is C12H19NO4. The van der Waals surface area contributed by atoms with Crippen LogP contribution >= 0.6 is 0 Å². The standard InChI is InChI=1S/C12H19NO4/c14-8-10(15)6-11(16)12(17)7-13-9-4-2-1-3-5-9/h1-5,10-17H,6-8H2. The third-order valence-corrected chi connectivity index (χ3v) is 2.46. The van der Waals surface area contributed by atoms with Crippen LogP contribution in [0.3, 0.4) is 0 Å². The van der Waals surface area contributed by atoms with E-state index in [0.717, 1.165) is 5.69 Å². The first kappa shape index (κ1) is 13.9. The van der Waals surface area contributed by atoms with Crippen LogP contribution in [0.4, 0.5) is 5.69 Å². The molecule has 3 unspecified atom stereocenters. The molecule has 0 fully saturated rings. The van der Waals surface area contributed by atoms with E-state index in [2.05, 4.69) is 5.32 Å². The highest BCUT2D eigenvalue weighted by molar-refractivity contribution is 5.42. The average molecular weight is 241 g/mol. The van der Waals surface area contributed by atoms with Gasteiger partial charge in [0.1, 0.15) is 0 Å². The molecule has 1 aromatic carbocycles. The maximum Gasteiger partial charge on any atom is 0.0971 e. The Labute approximate surface area is 100 Å². The smallest absolute Gasteiger partial charge is 0.0971 e. The van der Waals surface area contributed by atoms with Crippen molar-refractivity contribution in [3.05, 3.63) is 30.3 Å². The van der Waals surface area contributed by atoms with Crippen molar-refractivity contribution in [2.75, 3.05) is 18.5 Å². The molecule has 3 atom stereocenters. The summed E-state index contributed by atoms with van der Waals surface area (Å²) in [6.45, 7) is -0.237. The molecule has 0 aliphatic heterocycles. The lowest BCUT2D eigenvalue weighted by atomic mass is 10.1. The van der Waals surface area contributed by atoms with Crippen molar-refractivity contribution in [2.24, 2.45) is 0 Å². The van der Waals surface area contributed by atoms with Crippen LogP contribution < -0.4 is 5.32 Å². The van der Waals surface area contributed by atoms with Gasteiger partial charge < -0.3 is 25.7 Å². The monoisotopic (exact) mass is 241 g/mol. The Balaban J connectivity index is 2.31. The van der Waals surface area contributed by atoms with Crippen LogP contribution in [0, 0.1) is 0 Å². The van der Waals surface area contributed by atoms with Gasteiger partial charge in [-0.05, 0) is 12.1 Å². The first-order valence-electron chi connectivity index (χ1n) is 5.57. The van der Waals surface area contributed by atoms with Crippen LogP contribution in [-0.2, 0) is 0 Å². The third-order valence-electron chi connectivity index (χ3n) is 2.46.